The molecule has 0 aliphatic heterocycles. The smallest absolute Gasteiger partial charge is 0.321 e. The summed E-state index contributed by atoms with van der Waals surface area (Å²) in [6.45, 7) is 4.55. The van der Waals surface area contributed by atoms with Crippen LogP contribution in [0.15, 0.2) is 30.3 Å². The average Bonchev–Trinajstić information content (AvgIpc) is 2.86. The lowest BCUT2D eigenvalue weighted by Crippen LogP contribution is -2.07. The fraction of sp³-hybridized carbons (Fsp3) is 0.294. The Labute approximate surface area is 140 Å². The Morgan fingerprint density at radius 3 is 2.46 bits per heavy atom. The molecule has 0 unspecified atom stereocenters. The summed E-state index contributed by atoms with van der Waals surface area (Å²) in [5, 5.41) is 7.64. The molecule has 124 valence electrons. The molecule has 0 aliphatic carbocycles. The second kappa shape index (κ2) is 6.66. The van der Waals surface area contributed by atoms with Gasteiger partial charge in [0.15, 0.2) is 5.82 Å². The summed E-state index contributed by atoms with van der Waals surface area (Å²) >= 11 is 0. The first-order valence-corrected chi connectivity index (χ1v) is 7.67. The van der Waals surface area contributed by atoms with E-state index in [9.17, 15) is 0 Å². The van der Waals surface area contributed by atoms with Gasteiger partial charge in [0.05, 0.1) is 18.4 Å². The highest BCUT2D eigenvalue weighted by atomic mass is 16.5. The highest BCUT2D eigenvalue weighted by Gasteiger charge is 2.17. The van der Waals surface area contributed by atoms with E-state index in [1.807, 2.05) is 55.9 Å². The van der Waals surface area contributed by atoms with Gasteiger partial charge in [-0.25, -0.2) is 0 Å². The first-order chi connectivity index (χ1) is 11.6. The minimum atomic E-state index is 0.276. The van der Waals surface area contributed by atoms with Gasteiger partial charge >= 0.3 is 6.01 Å². The van der Waals surface area contributed by atoms with E-state index in [-0.39, 0.29) is 6.01 Å². The molecule has 2 heterocycles. The molecule has 7 nitrogen and oxygen atoms in total. The van der Waals surface area contributed by atoms with Crippen molar-refractivity contribution in [2.75, 3.05) is 12.4 Å². The largest absolute Gasteiger partial charge is 0.467 e. The molecule has 0 saturated carbocycles. The summed E-state index contributed by atoms with van der Waals surface area (Å²) in [6.07, 6.45) is 0. The second-order valence-electron chi connectivity index (χ2n) is 5.48. The maximum absolute atomic E-state index is 5.23. The van der Waals surface area contributed by atoms with Crippen LogP contribution in [0.5, 0.6) is 6.01 Å². The third kappa shape index (κ3) is 3.19. The molecule has 0 atom stereocenters. The minimum absolute atomic E-state index is 0.276. The van der Waals surface area contributed by atoms with E-state index in [1.165, 1.54) is 0 Å². The molecule has 0 spiro atoms. The van der Waals surface area contributed by atoms with E-state index in [1.54, 1.807) is 7.11 Å². The topological polar surface area (TPSA) is 77.8 Å². The van der Waals surface area contributed by atoms with E-state index in [0.29, 0.717) is 18.3 Å². The lowest BCUT2D eigenvalue weighted by atomic mass is 10.2. The highest BCUT2D eigenvalue weighted by molar-refractivity contribution is 5.62. The Morgan fingerprint density at radius 2 is 1.83 bits per heavy atom. The number of hydrogen-bond donors (Lipinski definition) is 1. The van der Waals surface area contributed by atoms with Gasteiger partial charge in [-0.3, -0.25) is 4.68 Å². The van der Waals surface area contributed by atoms with E-state index in [0.717, 1.165) is 22.5 Å². The number of ether oxygens (including phenoxy) is 1. The van der Waals surface area contributed by atoms with Crippen LogP contribution in [-0.2, 0) is 13.6 Å². The summed E-state index contributed by atoms with van der Waals surface area (Å²) < 4.78 is 7.04. The lowest BCUT2D eigenvalue weighted by molar-refractivity contribution is 0.379. The molecular weight excluding hydrogens is 304 g/mol. The number of benzene rings is 1. The summed E-state index contributed by atoms with van der Waals surface area (Å²) in [5.41, 5.74) is 3.92. The van der Waals surface area contributed by atoms with Crippen LogP contribution in [0.4, 0.5) is 5.95 Å². The molecule has 0 amide bonds. The van der Waals surface area contributed by atoms with Crippen LogP contribution in [0.3, 0.4) is 0 Å². The van der Waals surface area contributed by atoms with Crippen LogP contribution >= 0.6 is 0 Å². The Balaban J connectivity index is 1.93. The first kappa shape index (κ1) is 15.9. The molecular formula is C17H20N6O. The van der Waals surface area contributed by atoms with Crippen LogP contribution in [0.1, 0.15) is 17.0 Å². The van der Waals surface area contributed by atoms with Crippen molar-refractivity contribution in [1.82, 2.24) is 24.7 Å². The van der Waals surface area contributed by atoms with Crippen molar-refractivity contribution < 1.29 is 4.74 Å². The minimum Gasteiger partial charge on any atom is -0.467 e. The maximum atomic E-state index is 5.23. The maximum Gasteiger partial charge on any atom is 0.321 e. The zero-order chi connectivity index (χ0) is 17.1. The van der Waals surface area contributed by atoms with Gasteiger partial charge in [0.2, 0.25) is 5.95 Å². The normalized spacial score (nSPS) is 10.7. The predicted octanol–water partition coefficient (Wildman–Crippen LogP) is 2.51. The van der Waals surface area contributed by atoms with Gasteiger partial charge in [-0.05, 0) is 19.4 Å². The zero-order valence-corrected chi connectivity index (χ0v) is 14.2. The SMILES string of the molecule is COc1nc(NCc2ccccc2)nc(-c2c(C)nn(C)c2C)n1. The highest BCUT2D eigenvalue weighted by Crippen LogP contribution is 2.25. The number of methoxy groups -OCH3 is 1. The summed E-state index contributed by atoms with van der Waals surface area (Å²) in [6, 6.07) is 10.3. The number of rotatable bonds is 5. The van der Waals surface area contributed by atoms with Crippen molar-refractivity contribution in [3.63, 3.8) is 0 Å². The Bertz CT molecular complexity index is 844. The number of nitrogens with zero attached hydrogens (tertiary/aromatic N) is 5. The number of aryl methyl sites for hydroxylation is 2. The monoisotopic (exact) mass is 324 g/mol. The molecule has 3 rings (SSSR count). The number of aromatic nitrogens is 5. The van der Waals surface area contributed by atoms with Crippen molar-refractivity contribution in [3.8, 4) is 17.4 Å². The van der Waals surface area contributed by atoms with Crippen LogP contribution in [0.2, 0.25) is 0 Å². The molecule has 1 aromatic carbocycles. The molecule has 0 bridgehead atoms. The fourth-order valence-corrected chi connectivity index (χ4v) is 2.51. The molecule has 0 saturated heterocycles. The first-order valence-electron chi connectivity index (χ1n) is 7.67. The summed E-state index contributed by atoms with van der Waals surface area (Å²) in [5.74, 6) is 1.03. The Hall–Kier alpha value is -2.96. The van der Waals surface area contributed by atoms with Crippen LogP contribution in [0, 0.1) is 13.8 Å². The Morgan fingerprint density at radius 1 is 1.08 bits per heavy atom. The zero-order valence-electron chi connectivity index (χ0n) is 14.2. The number of anilines is 1. The van der Waals surface area contributed by atoms with E-state index >= 15 is 0 Å². The van der Waals surface area contributed by atoms with Crippen LogP contribution in [-0.4, -0.2) is 31.8 Å². The lowest BCUT2D eigenvalue weighted by Gasteiger charge is -2.08. The second-order valence-corrected chi connectivity index (χ2v) is 5.48. The van der Waals surface area contributed by atoms with Crippen LogP contribution in [0.25, 0.3) is 11.4 Å². The predicted molar refractivity (Wildman–Crippen MR) is 91.8 cm³/mol. The summed E-state index contributed by atoms with van der Waals surface area (Å²) in [4.78, 5) is 13.2. The van der Waals surface area contributed by atoms with Gasteiger partial charge in [-0.1, -0.05) is 30.3 Å². The molecule has 3 aromatic rings. The third-order valence-electron chi connectivity index (χ3n) is 3.82. The van der Waals surface area contributed by atoms with Gasteiger partial charge in [0.1, 0.15) is 0 Å². The van der Waals surface area contributed by atoms with Crippen molar-refractivity contribution in [1.29, 1.82) is 0 Å². The standard InChI is InChI=1S/C17H20N6O/c1-11-14(12(2)23(3)22-11)15-19-16(21-17(20-15)24-4)18-10-13-8-6-5-7-9-13/h5-9H,10H2,1-4H3,(H,18,19,20,21). The molecule has 7 heteroatoms. The van der Waals surface area contributed by atoms with Crippen molar-refractivity contribution in [2.45, 2.75) is 20.4 Å². The van der Waals surface area contributed by atoms with E-state index in [2.05, 4.69) is 25.4 Å². The van der Waals surface area contributed by atoms with Crippen molar-refractivity contribution in [2.24, 2.45) is 7.05 Å². The van der Waals surface area contributed by atoms with Crippen molar-refractivity contribution in [3.05, 3.63) is 47.3 Å². The van der Waals surface area contributed by atoms with E-state index in [4.69, 9.17) is 4.74 Å². The quantitative estimate of drug-likeness (QED) is 0.777. The van der Waals surface area contributed by atoms with Gasteiger partial charge in [0, 0.05) is 19.3 Å². The molecule has 0 aliphatic rings. The molecule has 0 fully saturated rings. The average molecular weight is 324 g/mol. The molecule has 0 radical (unpaired) electrons. The van der Waals surface area contributed by atoms with Gasteiger partial charge in [-0.2, -0.15) is 20.1 Å². The van der Waals surface area contributed by atoms with Gasteiger partial charge in [0.25, 0.3) is 0 Å². The van der Waals surface area contributed by atoms with Gasteiger partial charge in [-0.15, -0.1) is 0 Å². The van der Waals surface area contributed by atoms with E-state index < -0.39 is 0 Å². The third-order valence-corrected chi connectivity index (χ3v) is 3.82. The number of hydrogen-bond acceptors (Lipinski definition) is 6. The van der Waals surface area contributed by atoms with Gasteiger partial charge < -0.3 is 10.1 Å². The van der Waals surface area contributed by atoms with Crippen molar-refractivity contribution >= 4 is 5.95 Å². The molecule has 2 aromatic heterocycles. The molecule has 24 heavy (non-hydrogen) atoms. The molecule has 1 N–H and O–H groups in total. The number of nitrogens with one attached hydrogen (secondary N) is 1. The summed E-state index contributed by atoms with van der Waals surface area (Å²) in [7, 11) is 3.45. The fourth-order valence-electron chi connectivity index (χ4n) is 2.51. The van der Waals surface area contributed by atoms with Crippen LogP contribution < -0.4 is 10.1 Å². The Kier molecular flexibility index (Phi) is 4.41.